The van der Waals surface area contributed by atoms with E-state index in [-0.39, 0.29) is 0 Å². The van der Waals surface area contributed by atoms with Gasteiger partial charge in [-0.25, -0.2) is 10.3 Å². The molecule has 1 aromatic heterocycles. The molecule has 0 spiro atoms. The van der Waals surface area contributed by atoms with Gasteiger partial charge in [0.15, 0.2) is 0 Å². The Hall–Kier alpha value is -1.09. The van der Waals surface area contributed by atoms with Gasteiger partial charge in [-0.3, -0.25) is 0 Å². The van der Waals surface area contributed by atoms with Gasteiger partial charge in [-0.2, -0.15) is 0 Å². The Labute approximate surface area is 90.5 Å². The molecule has 1 saturated heterocycles. The summed E-state index contributed by atoms with van der Waals surface area (Å²) in [6.07, 6.45) is 3.65. The van der Waals surface area contributed by atoms with Crippen LogP contribution in [0.15, 0.2) is 12.1 Å². The summed E-state index contributed by atoms with van der Waals surface area (Å²) >= 11 is 0. The van der Waals surface area contributed by atoms with Gasteiger partial charge in [0, 0.05) is 38.3 Å². The van der Waals surface area contributed by atoms with Gasteiger partial charge in [-0.1, -0.05) is 6.07 Å². The average molecular weight is 202 g/mol. The number of pyridine rings is 1. The molecule has 0 unspecified atom stereocenters. The van der Waals surface area contributed by atoms with Gasteiger partial charge in [0.2, 0.25) is 0 Å². The van der Waals surface area contributed by atoms with Crippen LogP contribution in [0.4, 0.5) is 5.82 Å². The summed E-state index contributed by atoms with van der Waals surface area (Å²) < 4.78 is 0. The summed E-state index contributed by atoms with van der Waals surface area (Å²) in [6.45, 7) is 4.17. The molecule has 2 aliphatic heterocycles. The molecule has 1 radical (unpaired) electrons. The summed E-state index contributed by atoms with van der Waals surface area (Å²) in [7, 11) is 0. The highest BCUT2D eigenvalue weighted by Gasteiger charge is 2.16. The summed E-state index contributed by atoms with van der Waals surface area (Å²) in [5.74, 6) is 1.17. The number of rotatable bonds is 1. The van der Waals surface area contributed by atoms with Gasteiger partial charge in [0.05, 0.1) is 0 Å². The van der Waals surface area contributed by atoms with Crippen LogP contribution in [0.1, 0.15) is 24.1 Å². The van der Waals surface area contributed by atoms with Crippen molar-refractivity contribution >= 4 is 5.82 Å². The quantitative estimate of drug-likeness (QED) is 0.688. The van der Waals surface area contributed by atoms with Crippen LogP contribution in [0.25, 0.3) is 0 Å². The summed E-state index contributed by atoms with van der Waals surface area (Å²) in [6, 6.07) is 4.36. The molecule has 3 nitrogen and oxygen atoms in total. The molecule has 1 aromatic rings. The van der Waals surface area contributed by atoms with Crippen molar-refractivity contribution in [2.24, 2.45) is 0 Å². The lowest BCUT2D eigenvalue weighted by atomic mass is 10.1. The maximum Gasteiger partial charge on any atom is 0.128 e. The predicted molar refractivity (Wildman–Crippen MR) is 60.1 cm³/mol. The van der Waals surface area contributed by atoms with Gasteiger partial charge in [-0.15, -0.1) is 0 Å². The third-order valence-corrected chi connectivity index (χ3v) is 3.27. The fraction of sp³-hybridized carbons (Fsp3) is 0.583. The molecule has 0 aliphatic carbocycles. The van der Waals surface area contributed by atoms with Crippen molar-refractivity contribution in [2.45, 2.75) is 25.8 Å². The van der Waals surface area contributed by atoms with Crippen LogP contribution in [0.2, 0.25) is 0 Å². The van der Waals surface area contributed by atoms with Crippen molar-refractivity contribution in [2.75, 3.05) is 24.5 Å². The molecule has 15 heavy (non-hydrogen) atoms. The van der Waals surface area contributed by atoms with E-state index >= 15 is 0 Å². The second kappa shape index (κ2) is 3.81. The summed E-state index contributed by atoms with van der Waals surface area (Å²) in [4.78, 5) is 7.16. The van der Waals surface area contributed by atoms with Crippen LogP contribution in [0, 0.1) is 0 Å². The number of nitrogens with zero attached hydrogens (tertiary/aromatic N) is 3. The molecule has 0 N–H and O–H groups in total. The first-order valence-corrected chi connectivity index (χ1v) is 5.80. The van der Waals surface area contributed by atoms with Crippen LogP contribution in [-0.4, -0.2) is 24.6 Å². The topological polar surface area (TPSA) is 30.2 Å². The molecular formula is C12H16N3. The van der Waals surface area contributed by atoms with E-state index in [4.69, 9.17) is 4.98 Å². The second-order valence-corrected chi connectivity index (χ2v) is 4.32. The molecule has 0 saturated carbocycles. The highest BCUT2D eigenvalue weighted by Crippen LogP contribution is 2.21. The third kappa shape index (κ3) is 1.72. The zero-order valence-electron chi connectivity index (χ0n) is 8.95. The standard InChI is InChI=1S/C12H16N3/c1-2-8-15(7-1)12-4-3-10-9-13-6-5-11(10)14-12/h3-4H,1-2,5-9H2. The maximum absolute atomic E-state index is 4.76. The molecule has 0 atom stereocenters. The lowest BCUT2D eigenvalue weighted by molar-refractivity contribution is 0.616. The number of aromatic nitrogens is 1. The fourth-order valence-corrected chi connectivity index (χ4v) is 2.39. The second-order valence-electron chi connectivity index (χ2n) is 4.32. The predicted octanol–water partition coefficient (Wildman–Crippen LogP) is 1.34. The summed E-state index contributed by atoms with van der Waals surface area (Å²) in [5, 5.41) is 4.39. The molecular weight excluding hydrogens is 186 g/mol. The minimum absolute atomic E-state index is 0.864. The maximum atomic E-state index is 4.76. The molecule has 0 aromatic carbocycles. The molecule has 79 valence electrons. The zero-order chi connectivity index (χ0) is 10.1. The lowest BCUT2D eigenvalue weighted by Crippen LogP contribution is -2.23. The third-order valence-electron chi connectivity index (χ3n) is 3.27. The number of hydrogen-bond donors (Lipinski definition) is 0. The Bertz CT molecular complexity index is 356. The molecule has 1 fully saturated rings. The van der Waals surface area contributed by atoms with Crippen molar-refractivity contribution in [1.29, 1.82) is 0 Å². The zero-order valence-corrected chi connectivity index (χ0v) is 8.95. The monoisotopic (exact) mass is 202 g/mol. The van der Waals surface area contributed by atoms with Crippen LogP contribution in [-0.2, 0) is 13.0 Å². The van der Waals surface area contributed by atoms with Crippen LogP contribution < -0.4 is 10.2 Å². The Balaban J connectivity index is 1.89. The van der Waals surface area contributed by atoms with Crippen molar-refractivity contribution in [1.82, 2.24) is 10.3 Å². The first-order chi connectivity index (χ1) is 7.43. The van der Waals surface area contributed by atoms with E-state index in [2.05, 4.69) is 22.3 Å². The lowest BCUT2D eigenvalue weighted by Gasteiger charge is -2.20. The number of anilines is 1. The Morgan fingerprint density at radius 1 is 1.13 bits per heavy atom. The highest BCUT2D eigenvalue weighted by atomic mass is 15.2. The Morgan fingerprint density at radius 3 is 2.87 bits per heavy atom. The minimum atomic E-state index is 0.864. The van der Waals surface area contributed by atoms with Crippen LogP contribution in [0.5, 0.6) is 0 Å². The SMILES string of the molecule is c1cc2c(nc1N1CCCC1)CC[N]C2. The largest absolute Gasteiger partial charge is 0.357 e. The van der Waals surface area contributed by atoms with Gasteiger partial charge in [-0.05, 0) is 24.5 Å². The van der Waals surface area contributed by atoms with Crippen molar-refractivity contribution in [3.8, 4) is 0 Å². The van der Waals surface area contributed by atoms with E-state index in [0.29, 0.717) is 0 Å². The Morgan fingerprint density at radius 2 is 2.00 bits per heavy atom. The highest BCUT2D eigenvalue weighted by molar-refractivity contribution is 5.43. The van der Waals surface area contributed by atoms with Gasteiger partial charge < -0.3 is 4.90 Å². The number of fused-ring (bicyclic) bond motifs is 1. The molecule has 3 heterocycles. The van der Waals surface area contributed by atoms with Gasteiger partial charge in [0.1, 0.15) is 5.82 Å². The molecule has 3 heteroatoms. The fourth-order valence-electron chi connectivity index (χ4n) is 2.39. The van der Waals surface area contributed by atoms with E-state index < -0.39 is 0 Å². The van der Waals surface area contributed by atoms with E-state index in [9.17, 15) is 0 Å². The van der Waals surface area contributed by atoms with Crippen molar-refractivity contribution in [3.63, 3.8) is 0 Å². The van der Waals surface area contributed by atoms with Crippen LogP contribution in [0.3, 0.4) is 0 Å². The number of hydrogen-bond acceptors (Lipinski definition) is 2. The average Bonchev–Trinajstić information content (AvgIpc) is 2.82. The van der Waals surface area contributed by atoms with E-state index in [0.717, 1.165) is 19.5 Å². The van der Waals surface area contributed by atoms with Gasteiger partial charge in [0.25, 0.3) is 0 Å². The van der Waals surface area contributed by atoms with Gasteiger partial charge >= 0.3 is 0 Å². The molecule has 0 bridgehead atoms. The van der Waals surface area contributed by atoms with E-state index in [1.807, 2.05) is 0 Å². The molecule has 0 amide bonds. The van der Waals surface area contributed by atoms with Crippen molar-refractivity contribution in [3.05, 3.63) is 23.4 Å². The molecule has 2 aliphatic rings. The Kier molecular flexibility index (Phi) is 2.33. The van der Waals surface area contributed by atoms with Crippen LogP contribution >= 0.6 is 0 Å². The van der Waals surface area contributed by atoms with E-state index in [1.54, 1.807) is 0 Å². The first-order valence-electron chi connectivity index (χ1n) is 5.80. The first kappa shape index (κ1) is 9.16. The normalized spacial score (nSPS) is 20.4. The summed E-state index contributed by atoms with van der Waals surface area (Å²) in [5.41, 5.74) is 2.60. The van der Waals surface area contributed by atoms with Crippen molar-refractivity contribution < 1.29 is 0 Å². The molecule has 3 rings (SSSR count). The van der Waals surface area contributed by atoms with E-state index in [1.165, 1.54) is 43.0 Å². The minimum Gasteiger partial charge on any atom is -0.357 e. The smallest absolute Gasteiger partial charge is 0.128 e.